The predicted molar refractivity (Wildman–Crippen MR) is 83.7 cm³/mol. The van der Waals surface area contributed by atoms with Crippen molar-refractivity contribution < 1.29 is 9.53 Å². The van der Waals surface area contributed by atoms with Crippen LogP contribution < -0.4 is 5.32 Å². The van der Waals surface area contributed by atoms with Crippen LogP contribution in [-0.2, 0) is 9.53 Å². The van der Waals surface area contributed by atoms with Crippen LogP contribution in [0.1, 0.15) is 37.3 Å². The highest BCUT2D eigenvalue weighted by atomic mass is 16.5. The Morgan fingerprint density at radius 1 is 1.45 bits per heavy atom. The van der Waals surface area contributed by atoms with Gasteiger partial charge in [0.15, 0.2) is 0 Å². The van der Waals surface area contributed by atoms with Crippen LogP contribution in [0.4, 0.5) is 0 Å². The van der Waals surface area contributed by atoms with Crippen LogP contribution in [0.5, 0.6) is 0 Å². The lowest BCUT2D eigenvalue weighted by Crippen LogP contribution is -2.57. The molecule has 6 nitrogen and oxygen atoms in total. The highest BCUT2D eigenvalue weighted by molar-refractivity contribution is 5.85. The van der Waals surface area contributed by atoms with E-state index in [9.17, 15) is 4.79 Å². The smallest absolute Gasteiger partial charge is 0.254 e. The Kier molecular flexibility index (Phi) is 4.49. The third-order valence-corrected chi connectivity index (χ3v) is 4.98. The molecule has 1 N–H and O–H groups in total. The van der Waals surface area contributed by atoms with E-state index in [1.54, 1.807) is 7.11 Å². The maximum atomic E-state index is 13.0. The third-order valence-electron chi connectivity index (χ3n) is 4.98. The molecule has 2 saturated heterocycles. The van der Waals surface area contributed by atoms with Gasteiger partial charge in [0, 0.05) is 26.4 Å². The van der Waals surface area contributed by atoms with Crippen molar-refractivity contribution >= 4 is 5.91 Å². The highest BCUT2D eigenvalue weighted by Crippen LogP contribution is 2.29. The number of nitrogens with one attached hydrogen (secondary N) is 1. The largest absolute Gasteiger partial charge is 0.368 e. The first-order valence-corrected chi connectivity index (χ1v) is 8.21. The minimum absolute atomic E-state index is 0.157. The second-order valence-corrected chi connectivity index (χ2v) is 6.49. The summed E-state index contributed by atoms with van der Waals surface area (Å²) in [7, 11) is 1.67. The summed E-state index contributed by atoms with van der Waals surface area (Å²) in [5.74, 6) is 0.157. The van der Waals surface area contributed by atoms with E-state index in [1.807, 2.05) is 22.7 Å². The predicted octanol–water partition coefficient (Wildman–Crippen LogP) is 1.12. The molecule has 1 atom stereocenters. The van der Waals surface area contributed by atoms with Crippen molar-refractivity contribution in [2.75, 3.05) is 33.3 Å². The number of carbonyl (C=O) groups is 1. The van der Waals surface area contributed by atoms with E-state index in [0.29, 0.717) is 0 Å². The Bertz CT molecular complexity index is 522. The van der Waals surface area contributed by atoms with Crippen molar-refractivity contribution in [3.05, 3.63) is 18.0 Å². The molecule has 1 aromatic heterocycles. The molecule has 0 spiro atoms. The molecule has 0 aromatic carbocycles. The summed E-state index contributed by atoms with van der Waals surface area (Å²) in [4.78, 5) is 15.0. The van der Waals surface area contributed by atoms with Crippen LogP contribution in [-0.4, -0.2) is 59.5 Å². The second-order valence-electron chi connectivity index (χ2n) is 6.49. The van der Waals surface area contributed by atoms with Gasteiger partial charge < -0.3 is 15.0 Å². The number of rotatable bonds is 3. The minimum Gasteiger partial charge on any atom is -0.368 e. The topological polar surface area (TPSA) is 59.4 Å². The molecule has 0 bridgehead atoms. The average Bonchev–Trinajstić information content (AvgIpc) is 3.01. The van der Waals surface area contributed by atoms with Gasteiger partial charge in [0.2, 0.25) is 0 Å². The van der Waals surface area contributed by atoms with Gasteiger partial charge in [-0.2, -0.15) is 5.10 Å². The maximum Gasteiger partial charge on any atom is 0.254 e. The SMILES string of the molecule is COC1(C(=O)N2CCCC(n3cc(C)cn3)C2)CCNCC1. The fraction of sp³-hybridized carbons (Fsp3) is 0.750. The number of piperidine rings is 2. The number of hydrogen-bond donors (Lipinski definition) is 1. The molecule has 1 amide bonds. The molecule has 122 valence electrons. The molecule has 2 aliphatic heterocycles. The first-order valence-electron chi connectivity index (χ1n) is 8.21. The molecule has 0 aliphatic carbocycles. The van der Waals surface area contributed by atoms with Gasteiger partial charge in [-0.3, -0.25) is 9.48 Å². The van der Waals surface area contributed by atoms with Gasteiger partial charge in [-0.25, -0.2) is 0 Å². The van der Waals surface area contributed by atoms with Crippen LogP contribution in [0, 0.1) is 6.92 Å². The van der Waals surface area contributed by atoms with Crippen molar-refractivity contribution in [3.8, 4) is 0 Å². The number of nitrogens with zero attached hydrogens (tertiary/aromatic N) is 3. The normalized spacial score (nSPS) is 25.2. The molecule has 2 fully saturated rings. The number of amides is 1. The molecule has 22 heavy (non-hydrogen) atoms. The average molecular weight is 306 g/mol. The van der Waals surface area contributed by atoms with Crippen molar-refractivity contribution in [1.29, 1.82) is 0 Å². The van der Waals surface area contributed by atoms with Crippen LogP contribution in [0.2, 0.25) is 0 Å². The fourth-order valence-corrected chi connectivity index (χ4v) is 3.61. The molecule has 3 heterocycles. The lowest BCUT2D eigenvalue weighted by atomic mass is 9.89. The van der Waals surface area contributed by atoms with Gasteiger partial charge in [-0.15, -0.1) is 0 Å². The molecule has 0 saturated carbocycles. The van der Waals surface area contributed by atoms with E-state index >= 15 is 0 Å². The van der Waals surface area contributed by atoms with Gasteiger partial charge >= 0.3 is 0 Å². The highest BCUT2D eigenvalue weighted by Gasteiger charge is 2.43. The summed E-state index contributed by atoms with van der Waals surface area (Å²) < 4.78 is 7.70. The Balaban J connectivity index is 1.72. The van der Waals surface area contributed by atoms with Crippen LogP contribution in [0.3, 0.4) is 0 Å². The molecule has 1 aromatic rings. The van der Waals surface area contributed by atoms with Crippen molar-refractivity contribution in [2.24, 2.45) is 0 Å². The summed E-state index contributed by atoms with van der Waals surface area (Å²) in [6, 6.07) is 0.280. The summed E-state index contributed by atoms with van der Waals surface area (Å²) in [6.45, 7) is 5.29. The van der Waals surface area contributed by atoms with Gasteiger partial charge in [0.1, 0.15) is 5.60 Å². The molecule has 3 rings (SSSR count). The standard InChI is InChI=1S/C16H26N4O2/c1-13-10-18-20(11-13)14-4-3-9-19(12-14)15(21)16(22-2)5-7-17-8-6-16/h10-11,14,17H,3-9,12H2,1-2H3. The van der Waals surface area contributed by atoms with Crippen molar-refractivity contribution in [2.45, 2.75) is 44.2 Å². The Hall–Kier alpha value is -1.40. The molecular weight excluding hydrogens is 280 g/mol. The zero-order valence-electron chi connectivity index (χ0n) is 13.5. The van der Waals surface area contributed by atoms with Crippen molar-refractivity contribution in [3.63, 3.8) is 0 Å². The lowest BCUT2D eigenvalue weighted by Gasteiger charge is -2.41. The number of methoxy groups -OCH3 is 1. The summed E-state index contributed by atoms with van der Waals surface area (Å²) >= 11 is 0. The quantitative estimate of drug-likeness (QED) is 0.909. The van der Waals surface area contributed by atoms with E-state index < -0.39 is 5.60 Å². The molecule has 0 radical (unpaired) electrons. The molecule has 1 unspecified atom stereocenters. The molecular formula is C16H26N4O2. The second kappa shape index (κ2) is 6.38. The number of aryl methyl sites for hydroxylation is 1. The van der Waals surface area contributed by atoms with Crippen molar-refractivity contribution in [1.82, 2.24) is 20.0 Å². The van der Waals surface area contributed by atoms with Crippen LogP contribution in [0.15, 0.2) is 12.4 Å². The number of hydrogen-bond acceptors (Lipinski definition) is 4. The fourth-order valence-electron chi connectivity index (χ4n) is 3.61. The number of likely N-dealkylation sites (tertiary alicyclic amines) is 1. The van der Waals surface area contributed by atoms with E-state index in [0.717, 1.165) is 57.4 Å². The third kappa shape index (κ3) is 2.90. The van der Waals surface area contributed by atoms with E-state index in [4.69, 9.17) is 4.74 Å². The van der Waals surface area contributed by atoms with E-state index in [-0.39, 0.29) is 11.9 Å². The first kappa shape index (κ1) is 15.5. The minimum atomic E-state index is -0.632. The number of ether oxygens (including phenoxy) is 1. The molecule has 2 aliphatic rings. The van der Waals surface area contributed by atoms with E-state index in [2.05, 4.69) is 16.6 Å². The Morgan fingerprint density at radius 3 is 2.86 bits per heavy atom. The summed E-state index contributed by atoms with van der Waals surface area (Å²) in [6.07, 6.45) is 7.55. The van der Waals surface area contributed by atoms with Crippen LogP contribution in [0.25, 0.3) is 0 Å². The number of aromatic nitrogens is 2. The van der Waals surface area contributed by atoms with E-state index in [1.165, 1.54) is 0 Å². The number of carbonyl (C=O) groups excluding carboxylic acids is 1. The lowest BCUT2D eigenvalue weighted by molar-refractivity contribution is -0.160. The van der Waals surface area contributed by atoms with Gasteiger partial charge in [-0.05, 0) is 51.3 Å². The zero-order valence-corrected chi connectivity index (χ0v) is 13.5. The zero-order chi connectivity index (χ0) is 15.6. The van der Waals surface area contributed by atoms with Gasteiger partial charge in [-0.1, -0.05) is 0 Å². The first-order chi connectivity index (χ1) is 10.6. The Morgan fingerprint density at radius 2 is 2.23 bits per heavy atom. The van der Waals surface area contributed by atoms with Crippen LogP contribution >= 0.6 is 0 Å². The Labute approximate surface area is 131 Å². The summed E-state index contributed by atoms with van der Waals surface area (Å²) in [5, 5.41) is 7.72. The monoisotopic (exact) mass is 306 g/mol. The molecule has 6 heteroatoms. The van der Waals surface area contributed by atoms with Gasteiger partial charge in [0.25, 0.3) is 5.91 Å². The summed E-state index contributed by atoms with van der Waals surface area (Å²) in [5.41, 5.74) is 0.530. The maximum absolute atomic E-state index is 13.0. The van der Waals surface area contributed by atoms with Gasteiger partial charge in [0.05, 0.1) is 12.2 Å².